The number of nitrogens with zero attached hydrogens (tertiary/aromatic N) is 1. The van der Waals surface area contributed by atoms with Crippen molar-refractivity contribution in [2.24, 2.45) is 17.3 Å². The molecule has 16 heavy (non-hydrogen) atoms. The predicted octanol–water partition coefficient (Wildman–Crippen LogP) is 1.34. The monoisotopic (exact) mass is 229 g/mol. The second-order valence-corrected chi connectivity index (χ2v) is 6.62. The summed E-state index contributed by atoms with van der Waals surface area (Å²) >= 11 is 0. The predicted molar refractivity (Wildman–Crippen MR) is 66.2 cm³/mol. The van der Waals surface area contributed by atoms with E-state index in [1.807, 2.05) is 14.1 Å². The van der Waals surface area contributed by atoms with Crippen LogP contribution < -0.4 is 0 Å². The van der Waals surface area contributed by atoms with Crippen molar-refractivity contribution in [2.75, 3.05) is 14.1 Å². The number of aliphatic hydroxyl groups is 2. The van der Waals surface area contributed by atoms with Crippen LogP contribution in [0, 0.1) is 17.3 Å². The minimum atomic E-state index is -0.443. The first-order valence-electron chi connectivity index (χ1n) is 6.18. The first kappa shape index (κ1) is 13.9. The third-order valence-corrected chi connectivity index (χ3v) is 3.99. The maximum Gasteiger partial charge on any atom is 0.0753 e. The summed E-state index contributed by atoms with van der Waals surface area (Å²) in [4.78, 5) is 2.08. The Morgan fingerprint density at radius 3 is 1.94 bits per heavy atom. The van der Waals surface area contributed by atoms with Gasteiger partial charge in [-0.05, 0) is 31.8 Å². The number of aliphatic hydroxyl groups excluding tert-OH is 2. The Bertz CT molecular complexity index is 235. The molecule has 0 bridgehead atoms. The highest BCUT2D eigenvalue weighted by atomic mass is 16.3. The Morgan fingerprint density at radius 1 is 1.06 bits per heavy atom. The molecule has 96 valence electrons. The van der Waals surface area contributed by atoms with Gasteiger partial charge in [-0.3, -0.25) is 0 Å². The number of hydrogen-bond donors (Lipinski definition) is 2. The molecule has 3 heteroatoms. The summed E-state index contributed by atoms with van der Waals surface area (Å²) in [7, 11) is 4.00. The van der Waals surface area contributed by atoms with Crippen LogP contribution in [0.25, 0.3) is 0 Å². The summed E-state index contributed by atoms with van der Waals surface area (Å²) in [6.45, 7) is 8.35. The van der Waals surface area contributed by atoms with E-state index < -0.39 is 12.2 Å². The second kappa shape index (κ2) is 4.63. The molecule has 0 radical (unpaired) electrons. The molecule has 1 rings (SSSR count). The van der Waals surface area contributed by atoms with E-state index in [1.165, 1.54) is 0 Å². The zero-order chi connectivity index (χ0) is 12.7. The van der Waals surface area contributed by atoms with Crippen LogP contribution in [0.3, 0.4) is 0 Å². The number of rotatable bonds is 1. The number of likely N-dealkylation sites (N-methyl/N-ethyl adjacent to an activating group) is 1. The average Bonchev–Trinajstić information content (AvgIpc) is 2.08. The van der Waals surface area contributed by atoms with Gasteiger partial charge in [0.1, 0.15) is 0 Å². The van der Waals surface area contributed by atoms with Gasteiger partial charge in [-0.25, -0.2) is 0 Å². The molecule has 5 unspecified atom stereocenters. The fraction of sp³-hybridized carbons (Fsp3) is 1.00. The molecule has 0 saturated heterocycles. The van der Waals surface area contributed by atoms with Gasteiger partial charge in [0, 0.05) is 12.0 Å². The van der Waals surface area contributed by atoms with Crippen LogP contribution in [0.1, 0.15) is 34.1 Å². The van der Waals surface area contributed by atoms with Crippen LogP contribution in [0.5, 0.6) is 0 Å². The van der Waals surface area contributed by atoms with Gasteiger partial charge >= 0.3 is 0 Å². The lowest BCUT2D eigenvalue weighted by atomic mass is 9.64. The quantitative estimate of drug-likeness (QED) is 0.713. The van der Waals surface area contributed by atoms with Crippen molar-refractivity contribution in [3.8, 4) is 0 Å². The summed E-state index contributed by atoms with van der Waals surface area (Å²) < 4.78 is 0. The van der Waals surface area contributed by atoms with E-state index in [-0.39, 0.29) is 23.3 Å². The van der Waals surface area contributed by atoms with E-state index >= 15 is 0 Å². The SMILES string of the molecule is CC1CC(N(C)C)C(O)C(C(C)(C)C)C1O. The molecule has 0 aromatic rings. The molecule has 1 aliphatic rings. The molecular formula is C13H27NO2. The van der Waals surface area contributed by atoms with Gasteiger partial charge in [0.25, 0.3) is 0 Å². The Balaban J connectivity index is 2.95. The maximum absolute atomic E-state index is 10.4. The fourth-order valence-electron chi connectivity index (χ4n) is 3.00. The molecule has 1 aliphatic carbocycles. The molecular weight excluding hydrogens is 202 g/mol. The lowest BCUT2D eigenvalue weighted by Gasteiger charge is -2.49. The van der Waals surface area contributed by atoms with Gasteiger partial charge in [-0.1, -0.05) is 27.7 Å². The lowest BCUT2D eigenvalue weighted by molar-refractivity contribution is -0.127. The van der Waals surface area contributed by atoms with Crippen LogP contribution in [-0.4, -0.2) is 47.5 Å². The van der Waals surface area contributed by atoms with Crippen molar-refractivity contribution in [3.63, 3.8) is 0 Å². The molecule has 2 N–H and O–H groups in total. The maximum atomic E-state index is 10.4. The third-order valence-electron chi connectivity index (χ3n) is 3.99. The molecule has 1 fully saturated rings. The smallest absolute Gasteiger partial charge is 0.0753 e. The molecule has 0 heterocycles. The number of hydrogen-bond acceptors (Lipinski definition) is 3. The lowest BCUT2D eigenvalue weighted by Crippen LogP contribution is -2.57. The Morgan fingerprint density at radius 2 is 1.56 bits per heavy atom. The second-order valence-electron chi connectivity index (χ2n) is 6.62. The van der Waals surface area contributed by atoms with E-state index in [2.05, 4.69) is 32.6 Å². The van der Waals surface area contributed by atoms with Crippen molar-refractivity contribution in [2.45, 2.75) is 52.4 Å². The van der Waals surface area contributed by atoms with Gasteiger partial charge < -0.3 is 15.1 Å². The zero-order valence-corrected chi connectivity index (χ0v) is 11.4. The topological polar surface area (TPSA) is 43.7 Å². The Hall–Kier alpha value is -0.120. The molecule has 0 aromatic carbocycles. The third kappa shape index (κ3) is 2.58. The van der Waals surface area contributed by atoms with Gasteiger partial charge in [0.2, 0.25) is 0 Å². The van der Waals surface area contributed by atoms with Gasteiger partial charge in [0.15, 0.2) is 0 Å². The molecule has 5 atom stereocenters. The van der Waals surface area contributed by atoms with E-state index in [1.54, 1.807) is 0 Å². The van der Waals surface area contributed by atoms with E-state index in [0.29, 0.717) is 0 Å². The highest BCUT2D eigenvalue weighted by Crippen LogP contribution is 2.41. The first-order chi connectivity index (χ1) is 7.16. The molecule has 1 saturated carbocycles. The summed E-state index contributed by atoms with van der Waals surface area (Å²) in [5, 5.41) is 20.7. The summed E-state index contributed by atoms with van der Waals surface area (Å²) in [5.74, 6) is 0.198. The highest BCUT2D eigenvalue weighted by Gasteiger charge is 2.47. The van der Waals surface area contributed by atoms with Gasteiger partial charge in [-0.2, -0.15) is 0 Å². The molecule has 0 aromatic heterocycles. The van der Waals surface area contributed by atoms with E-state index in [0.717, 1.165) is 6.42 Å². The Kier molecular flexibility index (Phi) is 4.04. The summed E-state index contributed by atoms with van der Waals surface area (Å²) in [6, 6.07) is 0.155. The average molecular weight is 229 g/mol. The van der Waals surface area contributed by atoms with Crippen LogP contribution in [0.4, 0.5) is 0 Å². The standard InChI is InChI=1S/C13H27NO2/c1-8-7-9(14(5)6)12(16)10(11(8)15)13(2,3)4/h8-12,15-16H,7H2,1-6H3. The van der Waals surface area contributed by atoms with E-state index in [4.69, 9.17) is 0 Å². The molecule has 0 spiro atoms. The first-order valence-corrected chi connectivity index (χ1v) is 6.18. The largest absolute Gasteiger partial charge is 0.392 e. The summed E-state index contributed by atoms with van der Waals surface area (Å²) in [5.41, 5.74) is -0.0677. The van der Waals surface area contributed by atoms with Crippen molar-refractivity contribution < 1.29 is 10.2 Å². The minimum absolute atomic E-state index is 0.0522. The van der Waals surface area contributed by atoms with E-state index in [9.17, 15) is 10.2 Å². The summed E-state index contributed by atoms with van der Waals surface area (Å²) in [6.07, 6.45) is 0.0226. The normalized spacial score (nSPS) is 41.4. The zero-order valence-electron chi connectivity index (χ0n) is 11.4. The van der Waals surface area contributed by atoms with Crippen LogP contribution in [-0.2, 0) is 0 Å². The van der Waals surface area contributed by atoms with Crippen LogP contribution in [0.15, 0.2) is 0 Å². The minimum Gasteiger partial charge on any atom is -0.392 e. The molecule has 0 aliphatic heterocycles. The van der Waals surface area contributed by atoms with Crippen molar-refractivity contribution >= 4 is 0 Å². The van der Waals surface area contributed by atoms with Crippen LogP contribution in [0.2, 0.25) is 0 Å². The van der Waals surface area contributed by atoms with Gasteiger partial charge in [0.05, 0.1) is 12.2 Å². The van der Waals surface area contributed by atoms with Crippen molar-refractivity contribution in [1.29, 1.82) is 0 Å². The fourth-order valence-corrected chi connectivity index (χ4v) is 3.00. The molecule has 3 nitrogen and oxygen atoms in total. The van der Waals surface area contributed by atoms with Crippen molar-refractivity contribution in [1.82, 2.24) is 4.90 Å². The Labute approximate surface area is 99.5 Å². The van der Waals surface area contributed by atoms with Crippen LogP contribution >= 0.6 is 0 Å². The molecule has 0 amide bonds. The van der Waals surface area contributed by atoms with Gasteiger partial charge in [-0.15, -0.1) is 0 Å². The highest BCUT2D eigenvalue weighted by molar-refractivity contribution is 4.98. The van der Waals surface area contributed by atoms with Crippen molar-refractivity contribution in [3.05, 3.63) is 0 Å².